The van der Waals surface area contributed by atoms with E-state index in [4.69, 9.17) is 0 Å². The normalized spacial score (nSPS) is 22.3. The number of rotatable bonds is 3. The van der Waals surface area contributed by atoms with Gasteiger partial charge in [-0.3, -0.25) is 4.99 Å². The maximum Gasteiger partial charge on any atom is 0.411 e. The van der Waals surface area contributed by atoms with E-state index in [1.807, 2.05) is 6.92 Å². The molecule has 0 radical (unpaired) electrons. The third-order valence-corrected chi connectivity index (χ3v) is 1.80. The second-order valence-corrected chi connectivity index (χ2v) is 3.01. The topological polar surface area (TPSA) is 21.6 Å². The van der Waals surface area contributed by atoms with E-state index in [1.54, 1.807) is 12.2 Å². The van der Waals surface area contributed by atoms with Crippen LogP contribution < -0.4 is 0 Å². The van der Waals surface area contributed by atoms with Crippen molar-refractivity contribution in [2.75, 3.05) is 13.2 Å². The predicted octanol–water partition coefficient (Wildman–Crippen LogP) is 2.35. The maximum absolute atomic E-state index is 11.8. The van der Waals surface area contributed by atoms with E-state index in [-0.39, 0.29) is 6.54 Å². The molecule has 0 aromatic heterocycles. The number of aliphatic imine (C=N–C) groups is 1. The van der Waals surface area contributed by atoms with Crippen molar-refractivity contribution < 1.29 is 17.9 Å². The second-order valence-electron chi connectivity index (χ2n) is 3.01. The highest BCUT2D eigenvalue weighted by Crippen LogP contribution is 2.16. The predicted molar refractivity (Wildman–Crippen MR) is 47.5 cm³/mol. The van der Waals surface area contributed by atoms with Crippen molar-refractivity contribution in [3.8, 4) is 0 Å². The number of hydrogen-bond donors (Lipinski definition) is 0. The zero-order chi connectivity index (χ0) is 10.6. The zero-order valence-corrected chi connectivity index (χ0v) is 7.84. The Labute approximate surface area is 80.5 Å². The summed E-state index contributed by atoms with van der Waals surface area (Å²) in [5, 5.41) is 0. The second kappa shape index (κ2) is 4.59. The van der Waals surface area contributed by atoms with Crippen LogP contribution in [0.2, 0.25) is 0 Å². The first-order valence-electron chi connectivity index (χ1n) is 4.41. The summed E-state index contributed by atoms with van der Waals surface area (Å²) in [4.78, 5) is 4.07. The van der Waals surface area contributed by atoms with Gasteiger partial charge in [-0.15, -0.1) is 0 Å². The molecule has 80 valence electrons. The van der Waals surface area contributed by atoms with Gasteiger partial charge in [-0.05, 0) is 12.5 Å². The molecule has 0 aromatic rings. The van der Waals surface area contributed by atoms with Crippen molar-refractivity contribution in [3.63, 3.8) is 0 Å². The van der Waals surface area contributed by atoms with Gasteiger partial charge in [0.25, 0.3) is 0 Å². The standard InChI is InChI=1S/C9H12F3NO/c1-2-7-3-4-8(5-13-7)14-6-9(10,11)12/h3-4,8H,2,5-6H2,1H3. The lowest BCUT2D eigenvalue weighted by molar-refractivity contribution is -0.179. The molecule has 0 aromatic carbocycles. The molecule has 0 bridgehead atoms. The first-order valence-corrected chi connectivity index (χ1v) is 4.41. The van der Waals surface area contributed by atoms with E-state index in [0.717, 1.165) is 12.1 Å². The van der Waals surface area contributed by atoms with Crippen molar-refractivity contribution in [2.45, 2.75) is 25.6 Å². The monoisotopic (exact) mass is 207 g/mol. The van der Waals surface area contributed by atoms with Gasteiger partial charge < -0.3 is 4.74 Å². The van der Waals surface area contributed by atoms with Crippen molar-refractivity contribution in [1.29, 1.82) is 0 Å². The van der Waals surface area contributed by atoms with E-state index in [0.29, 0.717) is 0 Å². The third-order valence-electron chi connectivity index (χ3n) is 1.80. The van der Waals surface area contributed by atoms with Crippen LogP contribution >= 0.6 is 0 Å². The summed E-state index contributed by atoms with van der Waals surface area (Å²) in [5.41, 5.74) is 0.900. The highest BCUT2D eigenvalue weighted by molar-refractivity contribution is 5.95. The highest BCUT2D eigenvalue weighted by atomic mass is 19.4. The van der Waals surface area contributed by atoms with Crippen molar-refractivity contribution in [2.24, 2.45) is 4.99 Å². The summed E-state index contributed by atoms with van der Waals surface area (Å²) >= 11 is 0. The summed E-state index contributed by atoms with van der Waals surface area (Å²) in [7, 11) is 0. The molecule has 2 nitrogen and oxygen atoms in total. The molecular formula is C9H12F3NO. The maximum atomic E-state index is 11.8. The number of hydrogen-bond acceptors (Lipinski definition) is 2. The lowest BCUT2D eigenvalue weighted by Gasteiger charge is -2.17. The third kappa shape index (κ3) is 3.91. The Morgan fingerprint density at radius 1 is 1.57 bits per heavy atom. The molecule has 0 fully saturated rings. The number of dihydropyridines is 1. The van der Waals surface area contributed by atoms with Gasteiger partial charge in [0.1, 0.15) is 6.61 Å². The lowest BCUT2D eigenvalue weighted by atomic mass is 10.2. The molecule has 5 heteroatoms. The van der Waals surface area contributed by atoms with Gasteiger partial charge >= 0.3 is 6.18 Å². The van der Waals surface area contributed by atoms with Crippen molar-refractivity contribution in [1.82, 2.24) is 0 Å². The quantitative estimate of drug-likeness (QED) is 0.696. The summed E-state index contributed by atoms with van der Waals surface area (Å²) in [6, 6.07) is 0. The fourth-order valence-corrected chi connectivity index (χ4v) is 1.08. The van der Waals surface area contributed by atoms with E-state index in [1.165, 1.54) is 0 Å². The summed E-state index contributed by atoms with van der Waals surface area (Å²) < 4.78 is 39.9. The molecule has 14 heavy (non-hydrogen) atoms. The molecule has 1 rings (SSSR count). The number of halogens is 3. The molecule has 1 aliphatic rings. The van der Waals surface area contributed by atoms with Crippen LogP contribution in [0.3, 0.4) is 0 Å². The molecule has 1 atom stereocenters. The van der Waals surface area contributed by atoms with Crippen LogP contribution in [-0.2, 0) is 4.74 Å². The number of nitrogens with zero attached hydrogens (tertiary/aromatic N) is 1. The fourth-order valence-electron chi connectivity index (χ4n) is 1.08. The molecule has 0 N–H and O–H groups in total. The highest BCUT2D eigenvalue weighted by Gasteiger charge is 2.29. The number of ether oxygens (including phenoxy) is 1. The summed E-state index contributed by atoms with van der Waals surface area (Å²) in [5.74, 6) is 0. The molecule has 0 spiro atoms. The van der Waals surface area contributed by atoms with E-state index in [2.05, 4.69) is 9.73 Å². The largest absolute Gasteiger partial charge is 0.411 e. The average molecular weight is 207 g/mol. The van der Waals surface area contributed by atoms with E-state index >= 15 is 0 Å². The van der Waals surface area contributed by atoms with Crippen LogP contribution in [0.4, 0.5) is 13.2 Å². The fraction of sp³-hybridized carbons (Fsp3) is 0.667. The minimum atomic E-state index is -4.26. The van der Waals surface area contributed by atoms with Crippen LogP contribution in [0, 0.1) is 0 Å². The first-order chi connectivity index (χ1) is 6.51. The average Bonchev–Trinajstić information content (AvgIpc) is 2.14. The van der Waals surface area contributed by atoms with E-state index < -0.39 is 18.9 Å². The van der Waals surface area contributed by atoms with Crippen LogP contribution in [-0.4, -0.2) is 31.1 Å². The Bertz CT molecular complexity index is 245. The smallest absolute Gasteiger partial charge is 0.363 e. The van der Waals surface area contributed by atoms with Crippen molar-refractivity contribution in [3.05, 3.63) is 12.2 Å². The zero-order valence-electron chi connectivity index (χ0n) is 7.84. The summed E-state index contributed by atoms with van der Waals surface area (Å²) in [6.45, 7) is 1.02. The van der Waals surface area contributed by atoms with Gasteiger partial charge in [0.15, 0.2) is 0 Å². The Morgan fingerprint density at radius 3 is 2.71 bits per heavy atom. The molecular weight excluding hydrogens is 195 g/mol. The Kier molecular flexibility index (Phi) is 3.69. The Hall–Kier alpha value is -0.840. The van der Waals surface area contributed by atoms with Crippen LogP contribution in [0.1, 0.15) is 13.3 Å². The van der Waals surface area contributed by atoms with Crippen LogP contribution in [0.15, 0.2) is 17.1 Å². The van der Waals surface area contributed by atoms with E-state index in [9.17, 15) is 13.2 Å². The van der Waals surface area contributed by atoms with Crippen molar-refractivity contribution >= 4 is 5.71 Å². The molecule has 0 saturated carbocycles. The van der Waals surface area contributed by atoms with Gasteiger partial charge in [-0.25, -0.2) is 0 Å². The Morgan fingerprint density at radius 2 is 2.29 bits per heavy atom. The van der Waals surface area contributed by atoms with Crippen LogP contribution in [0.25, 0.3) is 0 Å². The van der Waals surface area contributed by atoms with Crippen LogP contribution in [0.5, 0.6) is 0 Å². The SMILES string of the molecule is CCC1=NCC(OCC(F)(F)F)C=C1. The summed E-state index contributed by atoms with van der Waals surface area (Å²) in [6.07, 6.45) is -0.667. The molecule has 0 amide bonds. The molecule has 1 aliphatic heterocycles. The van der Waals surface area contributed by atoms with Gasteiger partial charge in [0, 0.05) is 5.71 Å². The lowest BCUT2D eigenvalue weighted by Crippen LogP contribution is -2.25. The molecule has 1 unspecified atom stereocenters. The van der Waals surface area contributed by atoms with Gasteiger partial charge in [-0.1, -0.05) is 13.0 Å². The molecule has 0 saturated heterocycles. The first kappa shape index (κ1) is 11.2. The molecule has 0 aliphatic carbocycles. The Balaban J connectivity index is 2.31. The minimum Gasteiger partial charge on any atom is -0.363 e. The number of allylic oxidation sites excluding steroid dienone is 1. The van der Waals surface area contributed by atoms with Gasteiger partial charge in [0.2, 0.25) is 0 Å². The van der Waals surface area contributed by atoms with Gasteiger partial charge in [-0.2, -0.15) is 13.2 Å². The minimum absolute atomic E-state index is 0.287. The number of alkyl halides is 3. The van der Waals surface area contributed by atoms with Gasteiger partial charge in [0.05, 0.1) is 12.6 Å². The molecule has 1 heterocycles.